The van der Waals surface area contributed by atoms with Gasteiger partial charge in [0.2, 0.25) is 0 Å². The monoisotopic (exact) mass is 255 g/mol. The molecule has 0 saturated heterocycles. The summed E-state index contributed by atoms with van der Waals surface area (Å²) >= 11 is 0. The summed E-state index contributed by atoms with van der Waals surface area (Å²) in [6, 6.07) is 9.95. The van der Waals surface area contributed by atoms with Crippen LogP contribution in [0, 0.1) is 0 Å². The Morgan fingerprint density at radius 1 is 1.26 bits per heavy atom. The molecule has 0 fully saturated rings. The molecular formula is C13H13N5O. The van der Waals surface area contributed by atoms with E-state index >= 15 is 0 Å². The molecule has 0 aliphatic heterocycles. The number of nitrogens with zero attached hydrogens (tertiary/aromatic N) is 4. The SMILES string of the molecule is COCc1nc(-c2cncn2-c2ccccc2)n[nH]1. The van der Waals surface area contributed by atoms with Gasteiger partial charge in [-0.2, -0.15) is 5.10 Å². The highest BCUT2D eigenvalue weighted by molar-refractivity contribution is 5.53. The van der Waals surface area contributed by atoms with E-state index in [9.17, 15) is 0 Å². The van der Waals surface area contributed by atoms with Crippen LogP contribution >= 0.6 is 0 Å². The number of nitrogens with one attached hydrogen (secondary N) is 1. The first-order valence-electron chi connectivity index (χ1n) is 5.87. The number of aromatic amines is 1. The van der Waals surface area contributed by atoms with Crippen LogP contribution in [-0.2, 0) is 11.3 Å². The van der Waals surface area contributed by atoms with Crippen molar-refractivity contribution in [1.82, 2.24) is 24.7 Å². The lowest BCUT2D eigenvalue weighted by atomic mass is 10.3. The second-order valence-electron chi connectivity index (χ2n) is 4.02. The molecule has 0 saturated carbocycles. The van der Waals surface area contributed by atoms with E-state index < -0.39 is 0 Å². The smallest absolute Gasteiger partial charge is 0.199 e. The van der Waals surface area contributed by atoms with E-state index in [1.807, 2.05) is 34.9 Å². The minimum atomic E-state index is 0.409. The van der Waals surface area contributed by atoms with E-state index in [-0.39, 0.29) is 0 Å². The molecule has 0 amide bonds. The number of imidazole rings is 1. The Labute approximate surface area is 110 Å². The first-order valence-corrected chi connectivity index (χ1v) is 5.87. The second kappa shape index (κ2) is 5.03. The Balaban J connectivity index is 1.99. The average Bonchev–Trinajstić information content (AvgIpc) is 3.08. The Morgan fingerprint density at radius 3 is 2.89 bits per heavy atom. The van der Waals surface area contributed by atoms with Crippen LogP contribution in [0.3, 0.4) is 0 Å². The Bertz CT molecular complexity index is 658. The zero-order chi connectivity index (χ0) is 13.1. The number of methoxy groups -OCH3 is 1. The minimum absolute atomic E-state index is 0.409. The van der Waals surface area contributed by atoms with Crippen molar-refractivity contribution in [3.05, 3.63) is 48.7 Å². The maximum atomic E-state index is 5.02. The highest BCUT2D eigenvalue weighted by Gasteiger charge is 2.11. The number of ether oxygens (including phenoxy) is 1. The molecule has 3 rings (SSSR count). The fourth-order valence-corrected chi connectivity index (χ4v) is 1.87. The number of hydrogen-bond acceptors (Lipinski definition) is 4. The third kappa shape index (κ3) is 2.25. The molecule has 0 aliphatic rings. The van der Waals surface area contributed by atoms with Gasteiger partial charge in [-0.1, -0.05) is 18.2 Å². The number of benzene rings is 1. The summed E-state index contributed by atoms with van der Waals surface area (Å²) in [4.78, 5) is 8.54. The van der Waals surface area contributed by atoms with Gasteiger partial charge in [-0.3, -0.25) is 9.67 Å². The molecule has 0 aliphatic carbocycles. The van der Waals surface area contributed by atoms with Crippen molar-refractivity contribution in [2.45, 2.75) is 6.61 Å². The van der Waals surface area contributed by atoms with Crippen molar-refractivity contribution in [3.8, 4) is 17.2 Å². The quantitative estimate of drug-likeness (QED) is 0.772. The topological polar surface area (TPSA) is 68.6 Å². The van der Waals surface area contributed by atoms with Crippen molar-refractivity contribution in [2.75, 3.05) is 7.11 Å². The van der Waals surface area contributed by atoms with Gasteiger partial charge in [0.05, 0.1) is 12.5 Å². The summed E-state index contributed by atoms with van der Waals surface area (Å²) < 4.78 is 6.96. The fraction of sp³-hybridized carbons (Fsp3) is 0.154. The summed E-state index contributed by atoms with van der Waals surface area (Å²) in [7, 11) is 1.62. The molecule has 19 heavy (non-hydrogen) atoms. The van der Waals surface area contributed by atoms with Gasteiger partial charge in [-0.25, -0.2) is 9.97 Å². The fourth-order valence-electron chi connectivity index (χ4n) is 1.87. The van der Waals surface area contributed by atoms with Crippen LogP contribution in [0.4, 0.5) is 0 Å². The number of aromatic nitrogens is 5. The predicted octanol–water partition coefficient (Wildman–Crippen LogP) is 1.80. The van der Waals surface area contributed by atoms with Crippen LogP contribution in [0.2, 0.25) is 0 Å². The Morgan fingerprint density at radius 2 is 2.11 bits per heavy atom. The van der Waals surface area contributed by atoms with Gasteiger partial charge in [-0.05, 0) is 12.1 Å². The van der Waals surface area contributed by atoms with Crippen LogP contribution in [0.5, 0.6) is 0 Å². The maximum Gasteiger partial charge on any atom is 0.199 e. The summed E-state index contributed by atoms with van der Waals surface area (Å²) in [5, 5.41) is 7.03. The first-order chi connectivity index (χ1) is 9.38. The molecule has 6 nitrogen and oxygen atoms in total. The molecule has 1 aromatic carbocycles. The lowest BCUT2D eigenvalue weighted by molar-refractivity contribution is 0.178. The largest absolute Gasteiger partial charge is 0.377 e. The van der Waals surface area contributed by atoms with Crippen LogP contribution in [-0.4, -0.2) is 31.8 Å². The van der Waals surface area contributed by atoms with Crippen molar-refractivity contribution in [1.29, 1.82) is 0 Å². The summed E-state index contributed by atoms with van der Waals surface area (Å²) in [6.07, 6.45) is 3.49. The summed E-state index contributed by atoms with van der Waals surface area (Å²) in [5.41, 5.74) is 1.86. The van der Waals surface area contributed by atoms with Crippen molar-refractivity contribution >= 4 is 0 Å². The van der Waals surface area contributed by atoms with Crippen LogP contribution < -0.4 is 0 Å². The van der Waals surface area contributed by atoms with Crippen molar-refractivity contribution < 1.29 is 4.74 Å². The lowest BCUT2D eigenvalue weighted by Gasteiger charge is -2.04. The third-order valence-corrected chi connectivity index (χ3v) is 2.71. The molecule has 3 aromatic rings. The molecular weight excluding hydrogens is 242 g/mol. The van der Waals surface area contributed by atoms with E-state index in [2.05, 4.69) is 20.2 Å². The summed E-state index contributed by atoms with van der Waals surface area (Å²) in [5.74, 6) is 1.30. The second-order valence-corrected chi connectivity index (χ2v) is 4.02. The molecule has 2 heterocycles. The van der Waals surface area contributed by atoms with E-state index in [1.165, 1.54) is 0 Å². The van der Waals surface area contributed by atoms with E-state index in [0.717, 1.165) is 11.4 Å². The van der Waals surface area contributed by atoms with Crippen LogP contribution in [0.25, 0.3) is 17.2 Å². The van der Waals surface area contributed by atoms with Gasteiger partial charge >= 0.3 is 0 Å². The molecule has 0 unspecified atom stereocenters. The van der Waals surface area contributed by atoms with Gasteiger partial charge in [-0.15, -0.1) is 0 Å². The van der Waals surface area contributed by atoms with E-state index in [0.29, 0.717) is 18.3 Å². The normalized spacial score (nSPS) is 10.8. The van der Waals surface area contributed by atoms with Gasteiger partial charge < -0.3 is 4.74 Å². The molecule has 1 N–H and O–H groups in total. The van der Waals surface area contributed by atoms with Crippen molar-refractivity contribution in [3.63, 3.8) is 0 Å². The highest BCUT2D eigenvalue weighted by atomic mass is 16.5. The molecule has 0 bridgehead atoms. The first kappa shape index (κ1) is 11.6. The number of hydrogen-bond donors (Lipinski definition) is 1. The molecule has 96 valence electrons. The zero-order valence-corrected chi connectivity index (χ0v) is 10.4. The third-order valence-electron chi connectivity index (χ3n) is 2.71. The predicted molar refractivity (Wildman–Crippen MR) is 69.7 cm³/mol. The van der Waals surface area contributed by atoms with E-state index in [1.54, 1.807) is 19.6 Å². The summed E-state index contributed by atoms with van der Waals surface area (Å²) in [6.45, 7) is 0.409. The van der Waals surface area contributed by atoms with Crippen LogP contribution in [0.1, 0.15) is 5.82 Å². The Hall–Kier alpha value is -2.47. The Kier molecular flexibility index (Phi) is 3.07. The number of para-hydroxylation sites is 1. The van der Waals surface area contributed by atoms with Gasteiger partial charge in [0.25, 0.3) is 0 Å². The van der Waals surface area contributed by atoms with E-state index in [4.69, 9.17) is 4.74 Å². The van der Waals surface area contributed by atoms with Gasteiger partial charge in [0.15, 0.2) is 11.6 Å². The number of H-pyrrole nitrogens is 1. The minimum Gasteiger partial charge on any atom is -0.377 e. The number of rotatable bonds is 4. The van der Waals surface area contributed by atoms with Gasteiger partial charge in [0, 0.05) is 12.8 Å². The maximum absolute atomic E-state index is 5.02. The molecule has 0 atom stereocenters. The zero-order valence-electron chi connectivity index (χ0n) is 10.4. The van der Waals surface area contributed by atoms with Gasteiger partial charge in [0.1, 0.15) is 12.3 Å². The molecule has 6 heteroatoms. The molecule has 0 radical (unpaired) electrons. The average molecular weight is 255 g/mol. The highest BCUT2D eigenvalue weighted by Crippen LogP contribution is 2.19. The lowest BCUT2D eigenvalue weighted by Crippen LogP contribution is -1.96. The van der Waals surface area contributed by atoms with Crippen LogP contribution in [0.15, 0.2) is 42.9 Å². The molecule has 2 aromatic heterocycles. The molecule has 0 spiro atoms. The van der Waals surface area contributed by atoms with Crippen molar-refractivity contribution in [2.24, 2.45) is 0 Å². The standard InChI is InChI=1S/C13H13N5O/c1-19-8-12-15-13(17-16-12)11-7-14-9-18(11)10-5-3-2-4-6-10/h2-7,9H,8H2,1H3,(H,15,16,17).